The van der Waals surface area contributed by atoms with Crippen LogP contribution in [0.2, 0.25) is 0 Å². The molecule has 1 saturated heterocycles. The molecule has 1 atom stereocenters. The van der Waals surface area contributed by atoms with E-state index in [0.29, 0.717) is 51.0 Å². The third kappa shape index (κ3) is 4.95. The number of amides is 1. The Morgan fingerprint density at radius 2 is 2.00 bits per heavy atom. The van der Waals surface area contributed by atoms with Gasteiger partial charge in [0.05, 0.1) is 12.1 Å². The number of anilines is 1. The summed E-state index contributed by atoms with van der Waals surface area (Å²) in [5.41, 5.74) is 5.38. The van der Waals surface area contributed by atoms with E-state index in [2.05, 4.69) is 14.9 Å². The first-order valence-electron chi connectivity index (χ1n) is 8.27. The highest BCUT2D eigenvalue weighted by Gasteiger charge is 2.33. The van der Waals surface area contributed by atoms with Crippen molar-refractivity contribution in [3.63, 3.8) is 0 Å². The minimum Gasteiger partial charge on any atom is -0.478 e. The second kappa shape index (κ2) is 9.03. The van der Waals surface area contributed by atoms with Gasteiger partial charge in [-0.15, -0.1) is 12.4 Å². The third-order valence-electron chi connectivity index (χ3n) is 4.02. The molecule has 0 aromatic carbocycles. The maximum absolute atomic E-state index is 12.5. The molecular weight excluding hydrogens is 330 g/mol. The zero-order chi connectivity index (χ0) is 16.9. The van der Waals surface area contributed by atoms with Crippen molar-refractivity contribution in [3.05, 3.63) is 12.3 Å². The van der Waals surface area contributed by atoms with Gasteiger partial charge in [-0.1, -0.05) is 13.3 Å². The van der Waals surface area contributed by atoms with Crippen LogP contribution in [0.4, 0.5) is 5.95 Å². The molecule has 2 heterocycles. The Kier molecular flexibility index (Phi) is 7.69. The van der Waals surface area contributed by atoms with Gasteiger partial charge in [-0.2, -0.15) is 4.98 Å². The molecule has 24 heavy (non-hydrogen) atoms. The van der Waals surface area contributed by atoms with Gasteiger partial charge in [0.1, 0.15) is 0 Å². The highest BCUT2D eigenvalue weighted by Crippen LogP contribution is 2.18. The number of piperazine rings is 1. The SMILES string of the molecule is CCCC(C)(N)C(=O)N1CCN(c2nccc(OCC)n2)CC1.Cl. The van der Waals surface area contributed by atoms with Crippen LogP contribution in [-0.2, 0) is 4.79 Å². The average molecular weight is 358 g/mol. The molecule has 2 N–H and O–H groups in total. The fraction of sp³-hybridized carbons (Fsp3) is 0.688. The lowest BCUT2D eigenvalue weighted by Crippen LogP contribution is -2.58. The van der Waals surface area contributed by atoms with E-state index in [-0.39, 0.29) is 18.3 Å². The van der Waals surface area contributed by atoms with Crippen molar-refractivity contribution in [1.29, 1.82) is 0 Å². The van der Waals surface area contributed by atoms with Crippen LogP contribution in [0, 0.1) is 0 Å². The standard InChI is InChI=1S/C16H27N5O2.ClH/c1-4-7-16(3,17)14(22)20-9-11-21(12-10-20)15-18-8-6-13(19-15)23-5-2;/h6,8H,4-5,7,9-12,17H2,1-3H3;1H. The van der Waals surface area contributed by atoms with Crippen molar-refractivity contribution in [3.8, 4) is 5.88 Å². The predicted octanol–water partition coefficient (Wildman–Crippen LogP) is 1.46. The quantitative estimate of drug-likeness (QED) is 0.829. The van der Waals surface area contributed by atoms with Gasteiger partial charge in [0.2, 0.25) is 17.7 Å². The largest absolute Gasteiger partial charge is 0.478 e. The van der Waals surface area contributed by atoms with E-state index in [1.54, 1.807) is 12.3 Å². The van der Waals surface area contributed by atoms with E-state index >= 15 is 0 Å². The van der Waals surface area contributed by atoms with Crippen molar-refractivity contribution in [2.45, 2.75) is 39.2 Å². The zero-order valence-corrected chi connectivity index (χ0v) is 15.5. The van der Waals surface area contributed by atoms with Crippen LogP contribution in [0.25, 0.3) is 0 Å². The van der Waals surface area contributed by atoms with E-state index in [9.17, 15) is 4.79 Å². The van der Waals surface area contributed by atoms with Crippen LogP contribution in [0.15, 0.2) is 12.3 Å². The molecule has 1 aliphatic heterocycles. The molecule has 1 unspecified atom stereocenters. The molecule has 0 aliphatic carbocycles. The second-order valence-electron chi connectivity index (χ2n) is 6.07. The van der Waals surface area contributed by atoms with Crippen LogP contribution in [0.5, 0.6) is 5.88 Å². The fourth-order valence-electron chi connectivity index (χ4n) is 2.81. The second-order valence-corrected chi connectivity index (χ2v) is 6.07. The Morgan fingerprint density at radius 1 is 1.33 bits per heavy atom. The number of carbonyl (C=O) groups excluding carboxylic acids is 1. The summed E-state index contributed by atoms with van der Waals surface area (Å²) in [6.45, 7) is 9.03. The van der Waals surface area contributed by atoms with E-state index in [1.807, 2.05) is 25.7 Å². The fourth-order valence-corrected chi connectivity index (χ4v) is 2.81. The molecule has 0 spiro atoms. The summed E-state index contributed by atoms with van der Waals surface area (Å²) in [5.74, 6) is 1.25. The summed E-state index contributed by atoms with van der Waals surface area (Å²) in [6.07, 6.45) is 3.30. The van der Waals surface area contributed by atoms with E-state index in [4.69, 9.17) is 10.5 Å². The maximum atomic E-state index is 12.5. The number of halogens is 1. The number of carbonyl (C=O) groups is 1. The van der Waals surface area contributed by atoms with Crippen molar-refractivity contribution < 1.29 is 9.53 Å². The monoisotopic (exact) mass is 357 g/mol. The molecule has 0 radical (unpaired) electrons. The molecule has 1 fully saturated rings. The van der Waals surface area contributed by atoms with Gasteiger partial charge in [0.25, 0.3) is 0 Å². The van der Waals surface area contributed by atoms with Crippen molar-refractivity contribution in [1.82, 2.24) is 14.9 Å². The lowest BCUT2D eigenvalue weighted by molar-refractivity contribution is -0.137. The maximum Gasteiger partial charge on any atom is 0.242 e. The summed E-state index contributed by atoms with van der Waals surface area (Å²) >= 11 is 0. The van der Waals surface area contributed by atoms with Crippen LogP contribution in [-0.4, -0.2) is 59.1 Å². The smallest absolute Gasteiger partial charge is 0.242 e. The summed E-state index contributed by atoms with van der Waals surface area (Å²) in [7, 11) is 0. The van der Waals surface area contributed by atoms with Crippen LogP contribution >= 0.6 is 12.4 Å². The number of hydrogen-bond acceptors (Lipinski definition) is 6. The van der Waals surface area contributed by atoms with Gasteiger partial charge >= 0.3 is 0 Å². The van der Waals surface area contributed by atoms with Gasteiger partial charge < -0.3 is 20.3 Å². The van der Waals surface area contributed by atoms with Crippen molar-refractivity contribution in [2.75, 3.05) is 37.7 Å². The van der Waals surface area contributed by atoms with Crippen LogP contribution < -0.4 is 15.4 Å². The normalized spacial score (nSPS) is 17.0. The Morgan fingerprint density at radius 3 is 2.58 bits per heavy atom. The Labute approximate surface area is 150 Å². The Hall–Kier alpha value is -1.60. The lowest BCUT2D eigenvalue weighted by Gasteiger charge is -2.38. The zero-order valence-electron chi connectivity index (χ0n) is 14.7. The van der Waals surface area contributed by atoms with Crippen LogP contribution in [0.3, 0.4) is 0 Å². The molecule has 1 aliphatic rings. The van der Waals surface area contributed by atoms with E-state index < -0.39 is 5.54 Å². The summed E-state index contributed by atoms with van der Waals surface area (Å²) in [4.78, 5) is 25.1. The number of ether oxygens (including phenoxy) is 1. The molecular formula is C16H28ClN5O2. The topological polar surface area (TPSA) is 84.6 Å². The van der Waals surface area contributed by atoms with Gasteiger partial charge in [0, 0.05) is 38.4 Å². The van der Waals surface area contributed by atoms with Gasteiger partial charge in [-0.25, -0.2) is 4.98 Å². The first-order chi connectivity index (χ1) is 11.0. The molecule has 136 valence electrons. The highest BCUT2D eigenvalue weighted by molar-refractivity contribution is 5.86. The molecule has 1 amide bonds. The molecule has 2 rings (SSSR count). The predicted molar refractivity (Wildman–Crippen MR) is 96.7 cm³/mol. The molecule has 8 heteroatoms. The van der Waals surface area contributed by atoms with Crippen LogP contribution in [0.1, 0.15) is 33.6 Å². The average Bonchev–Trinajstić information content (AvgIpc) is 2.55. The molecule has 7 nitrogen and oxygen atoms in total. The first-order valence-corrected chi connectivity index (χ1v) is 8.27. The van der Waals surface area contributed by atoms with Gasteiger partial charge in [0.15, 0.2) is 0 Å². The lowest BCUT2D eigenvalue weighted by atomic mass is 9.95. The van der Waals surface area contributed by atoms with Crippen molar-refractivity contribution in [2.24, 2.45) is 5.73 Å². The van der Waals surface area contributed by atoms with Gasteiger partial charge in [-0.3, -0.25) is 4.79 Å². The third-order valence-corrected chi connectivity index (χ3v) is 4.02. The highest BCUT2D eigenvalue weighted by atomic mass is 35.5. The summed E-state index contributed by atoms with van der Waals surface area (Å²) in [6, 6.07) is 1.75. The molecule has 0 saturated carbocycles. The molecule has 1 aromatic heterocycles. The number of nitrogens with two attached hydrogens (primary N) is 1. The summed E-state index contributed by atoms with van der Waals surface area (Å²) < 4.78 is 5.41. The number of rotatable bonds is 6. The molecule has 0 bridgehead atoms. The Balaban J connectivity index is 0.00000288. The Bertz CT molecular complexity index is 533. The minimum atomic E-state index is -0.775. The number of hydrogen-bond donors (Lipinski definition) is 1. The van der Waals surface area contributed by atoms with Crippen molar-refractivity contribution >= 4 is 24.3 Å². The van der Waals surface area contributed by atoms with E-state index in [0.717, 1.165) is 6.42 Å². The minimum absolute atomic E-state index is 0. The van der Waals surface area contributed by atoms with Gasteiger partial charge in [-0.05, 0) is 20.3 Å². The first kappa shape index (κ1) is 20.4. The number of nitrogens with zero attached hydrogens (tertiary/aromatic N) is 4. The molecule has 1 aromatic rings. The summed E-state index contributed by atoms with van der Waals surface area (Å²) in [5, 5.41) is 0. The number of aromatic nitrogens is 2. The van der Waals surface area contributed by atoms with E-state index in [1.165, 1.54) is 0 Å².